The number of hydrogen-bond acceptors (Lipinski definition) is 2. The second-order valence-corrected chi connectivity index (χ2v) is 4.54. The zero-order valence-corrected chi connectivity index (χ0v) is 8.44. The van der Waals surface area contributed by atoms with Crippen molar-refractivity contribution in [1.82, 2.24) is 5.32 Å². The molecule has 3 nitrogen and oxygen atoms in total. The molecule has 0 unspecified atom stereocenters. The topological polar surface area (TPSA) is 55.1 Å². The van der Waals surface area contributed by atoms with E-state index in [0.717, 1.165) is 18.4 Å². The van der Waals surface area contributed by atoms with Gasteiger partial charge in [0.05, 0.1) is 11.5 Å². The number of carbonyl (C=O) groups is 1. The van der Waals surface area contributed by atoms with Gasteiger partial charge in [0.1, 0.15) is 0 Å². The molecule has 3 heteroatoms. The SMILES string of the molecule is N[C@@H]1[C@@H](c2ccccc2)NC(=O)C12CC2. The van der Waals surface area contributed by atoms with Gasteiger partial charge >= 0.3 is 0 Å². The first kappa shape index (κ1) is 8.92. The summed E-state index contributed by atoms with van der Waals surface area (Å²) in [5, 5.41) is 3.01. The van der Waals surface area contributed by atoms with Crippen molar-refractivity contribution in [2.45, 2.75) is 24.9 Å². The summed E-state index contributed by atoms with van der Waals surface area (Å²) in [5.41, 5.74) is 7.04. The molecule has 1 aliphatic carbocycles. The summed E-state index contributed by atoms with van der Waals surface area (Å²) < 4.78 is 0. The summed E-state index contributed by atoms with van der Waals surface area (Å²) in [4.78, 5) is 11.8. The van der Waals surface area contributed by atoms with Gasteiger partial charge in [-0.3, -0.25) is 4.79 Å². The molecule has 0 bridgehead atoms. The number of nitrogens with two attached hydrogens (primary N) is 1. The highest BCUT2D eigenvalue weighted by molar-refractivity contribution is 5.89. The molecule has 1 aromatic carbocycles. The van der Waals surface area contributed by atoms with Crippen molar-refractivity contribution in [2.75, 3.05) is 0 Å². The van der Waals surface area contributed by atoms with Gasteiger partial charge in [-0.05, 0) is 18.4 Å². The maximum absolute atomic E-state index is 11.8. The molecule has 3 rings (SSSR count). The van der Waals surface area contributed by atoms with Crippen LogP contribution >= 0.6 is 0 Å². The standard InChI is InChI=1S/C12H14N2O/c13-10-9(8-4-2-1-3-5-8)14-11(15)12(10)6-7-12/h1-5,9-10H,6-7,13H2,(H,14,15)/t9-,10-/m1/s1. The highest BCUT2D eigenvalue weighted by Gasteiger charge is 2.61. The Morgan fingerprint density at radius 1 is 1.27 bits per heavy atom. The summed E-state index contributed by atoms with van der Waals surface area (Å²) in [7, 11) is 0. The first-order chi connectivity index (χ1) is 7.24. The highest BCUT2D eigenvalue weighted by atomic mass is 16.2. The molecule has 1 spiro atoms. The predicted octanol–water partition coefficient (Wildman–Crippen LogP) is 0.965. The Balaban J connectivity index is 1.94. The molecule has 1 amide bonds. The van der Waals surface area contributed by atoms with E-state index in [1.54, 1.807) is 0 Å². The minimum Gasteiger partial charge on any atom is -0.347 e. The summed E-state index contributed by atoms with van der Waals surface area (Å²) in [6, 6.07) is 9.91. The maximum atomic E-state index is 11.8. The summed E-state index contributed by atoms with van der Waals surface area (Å²) >= 11 is 0. The third-order valence-electron chi connectivity index (χ3n) is 3.68. The van der Waals surface area contributed by atoms with E-state index < -0.39 is 0 Å². The minimum absolute atomic E-state index is 0.00111. The van der Waals surface area contributed by atoms with Gasteiger partial charge in [0.2, 0.25) is 5.91 Å². The molecule has 1 aromatic rings. The average molecular weight is 202 g/mol. The van der Waals surface area contributed by atoms with E-state index in [-0.39, 0.29) is 23.4 Å². The van der Waals surface area contributed by atoms with Crippen molar-refractivity contribution in [1.29, 1.82) is 0 Å². The van der Waals surface area contributed by atoms with Crippen molar-refractivity contribution in [2.24, 2.45) is 11.1 Å². The van der Waals surface area contributed by atoms with Gasteiger partial charge in [-0.2, -0.15) is 0 Å². The van der Waals surface area contributed by atoms with Crippen LogP contribution in [-0.2, 0) is 4.79 Å². The number of rotatable bonds is 1. The summed E-state index contributed by atoms with van der Waals surface area (Å²) in [6.07, 6.45) is 1.90. The van der Waals surface area contributed by atoms with Crippen LogP contribution < -0.4 is 11.1 Å². The van der Waals surface area contributed by atoms with E-state index in [2.05, 4.69) is 5.32 Å². The lowest BCUT2D eigenvalue weighted by molar-refractivity contribution is -0.123. The molecule has 3 N–H and O–H groups in total. The van der Waals surface area contributed by atoms with Crippen LogP contribution in [0.4, 0.5) is 0 Å². The maximum Gasteiger partial charge on any atom is 0.228 e. The Morgan fingerprint density at radius 3 is 2.47 bits per heavy atom. The molecule has 2 fully saturated rings. The van der Waals surface area contributed by atoms with Gasteiger partial charge in [-0.15, -0.1) is 0 Å². The monoisotopic (exact) mass is 202 g/mol. The van der Waals surface area contributed by atoms with Crippen LogP contribution in [0.3, 0.4) is 0 Å². The van der Waals surface area contributed by atoms with E-state index in [9.17, 15) is 4.79 Å². The second kappa shape index (κ2) is 2.83. The zero-order valence-electron chi connectivity index (χ0n) is 8.44. The Labute approximate surface area is 88.7 Å². The second-order valence-electron chi connectivity index (χ2n) is 4.54. The lowest BCUT2D eigenvalue weighted by Crippen LogP contribution is -2.33. The van der Waals surface area contributed by atoms with Gasteiger partial charge in [0, 0.05) is 6.04 Å². The van der Waals surface area contributed by atoms with Gasteiger partial charge in [0.25, 0.3) is 0 Å². The Morgan fingerprint density at radius 2 is 1.93 bits per heavy atom. The number of nitrogens with one attached hydrogen (secondary N) is 1. The van der Waals surface area contributed by atoms with Crippen molar-refractivity contribution in [3.63, 3.8) is 0 Å². The van der Waals surface area contributed by atoms with E-state index in [4.69, 9.17) is 5.73 Å². The molecule has 1 saturated heterocycles. The number of benzene rings is 1. The molecule has 0 aromatic heterocycles. The Bertz CT molecular complexity index is 397. The third kappa shape index (κ3) is 1.13. The molecule has 2 aliphatic rings. The smallest absolute Gasteiger partial charge is 0.228 e. The fourth-order valence-corrected chi connectivity index (χ4v) is 2.49. The third-order valence-corrected chi connectivity index (χ3v) is 3.68. The van der Waals surface area contributed by atoms with E-state index >= 15 is 0 Å². The first-order valence-electron chi connectivity index (χ1n) is 5.35. The minimum atomic E-state index is -0.236. The fourth-order valence-electron chi connectivity index (χ4n) is 2.49. The molecule has 1 saturated carbocycles. The summed E-state index contributed by atoms with van der Waals surface area (Å²) in [6.45, 7) is 0. The normalized spacial score (nSPS) is 31.7. The van der Waals surface area contributed by atoms with Crippen molar-refractivity contribution in [3.8, 4) is 0 Å². The number of carbonyl (C=O) groups excluding carboxylic acids is 1. The van der Waals surface area contributed by atoms with Crippen LogP contribution in [0.5, 0.6) is 0 Å². The Kier molecular flexibility index (Phi) is 1.68. The van der Waals surface area contributed by atoms with Crippen LogP contribution in [0.2, 0.25) is 0 Å². The largest absolute Gasteiger partial charge is 0.347 e. The first-order valence-corrected chi connectivity index (χ1v) is 5.35. The van der Waals surface area contributed by atoms with Gasteiger partial charge < -0.3 is 11.1 Å². The summed E-state index contributed by atoms with van der Waals surface area (Å²) in [5.74, 6) is 0.142. The van der Waals surface area contributed by atoms with Gasteiger partial charge in [-0.1, -0.05) is 30.3 Å². The van der Waals surface area contributed by atoms with Crippen LogP contribution in [0.15, 0.2) is 30.3 Å². The molecule has 15 heavy (non-hydrogen) atoms. The molecule has 2 atom stereocenters. The number of hydrogen-bond donors (Lipinski definition) is 2. The molecule has 78 valence electrons. The van der Waals surface area contributed by atoms with Crippen LogP contribution in [0, 0.1) is 5.41 Å². The molecule has 0 radical (unpaired) electrons. The lowest BCUT2D eigenvalue weighted by atomic mass is 9.92. The molecular weight excluding hydrogens is 188 g/mol. The van der Waals surface area contributed by atoms with Gasteiger partial charge in [0.15, 0.2) is 0 Å². The Hall–Kier alpha value is -1.35. The van der Waals surface area contributed by atoms with Crippen molar-refractivity contribution < 1.29 is 4.79 Å². The van der Waals surface area contributed by atoms with Gasteiger partial charge in [-0.25, -0.2) is 0 Å². The highest BCUT2D eigenvalue weighted by Crippen LogP contribution is 2.54. The van der Waals surface area contributed by atoms with Crippen molar-refractivity contribution in [3.05, 3.63) is 35.9 Å². The number of amides is 1. The van der Waals surface area contributed by atoms with Crippen LogP contribution in [-0.4, -0.2) is 11.9 Å². The van der Waals surface area contributed by atoms with Crippen LogP contribution in [0.1, 0.15) is 24.4 Å². The van der Waals surface area contributed by atoms with E-state index in [0.29, 0.717) is 0 Å². The van der Waals surface area contributed by atoms with Crippen molar-refractivity contribution >= 4 is 5.91 Å². The molecule has 1 heterocycles. The van der Waals surface area contributed by atoms with E-state index in [1.807, 2.05) is 30.3 Å². The quantitative estimate of drug-likeness (QED) is 0.712. The zero-order chi connectivity index (χ0) is 10.5. The van der Waals surface area contributed by atoms with E-state index in [1.165, 1.54) is 0 Å². The fraction of sp³-hybridized carbons (Fsp3) is 0.417. The average Bonchev–Trinajstić information content (AvgIpc) is 3.03. The predicted molar refractivity (Wildman–Crippen MR) is 57.0 cm³/mol. The molecule has 1 aliphatic heterocycles. The molecular formula is C12H14N2O. The van der Waals surface area contributed by atoms with Crippen LogP contribution in [0.25, 0.3) is 0 Å². The lowest BCUT2D eigenvalue weighted by Gasteiger charge is -2.17.